The van der Waals surface area contributed by atoms with Crippen molar-refractivity contribution >= 4 is 21.9 Å². The molecule has 4 aromatic rings. The van der Waals surface area contributed by atoms with Crippen LogP contribution in [0.5, 0.6) is 0 Å². The lowest BCUT2D eigenvalue weighted by molar-refractivity contribution is -0.141. The van der Waals surface area contributed by atoms with E-state index in [2.05, 4.69) is 44.8 Å². The summed E-state index contributed by atoms with van der Waals surface area (Å²) in [4.78, 5) is 16.4. The molecule has 150 valence electrons. The molecule has 0 fully saturated rings. The first-order valence-electron chi connectivity index (χ1n) is 9.75. The number of esters is 1. The standard InChI is InChI=1S/C25H21BrN2O2/c1-18(29)30-17-16-28-24(20-12-6-3-7-13-20)23(19-10-4-2-5-11-19)27-25(28)21-14-8-9-15-22(21)26/h2-15H,16-17H2,1H3. The fraction of sp³-hybridized carbons (Fsp3) is 0.120. The molecule has 0 aliphatic carbocycles. The third kappa shape index (κ3) is 4.21. The monoisotopic (exact) mass is 460 g/mol. The number of carbonyl (C=O) groups is 1. The molecule has 0 N–H and O–H groups in total. The quantitative estimate of drug-likeness (QED) is 0.321. The lowest BCUT2D eigenvalue weighted by Crippen LogP contribution is -2.11. The molecule has 4 nitrogen and oxygen atoms in total. The van der Waals surface area contributed by atoms with Gasteiger partial charge in [-0.05, 0) is 6.07 Å². The smallest absolute Gasteiger partial charge is 0.302 e. The van der Waals surface area contributed by atoms with Crippen molar-refractivity contribution < 1.29 is 9.53 Å². The van der Waals surface area contributed by atoms with Crippen molar-refractivity contribution in [3.05, 3.63) is 89.4 Å². The second-order valence-electron chi connectivity index (χ2n) is 6.84. The van der Waals surface area contributed by atoms with Gasteiger partial charge in [0.15, 0.2) is 0 Å². The Morgan fingerprint density at radius 2 is 1.50 bits per heavy atom. The molecular formula is C25H21BrN2O2. The third-order valence-electron chi connectivity index (χ3n) is 4.80. The lowest BCUT2D eigenvalue weighted by atomic mass is 10.0. The average Bonchev–Trinajstić information content (AvgIpc) is 3.14. The molecule has 5 heteroatoms. The number of imidazole rings is 1. The van der Waals surface area contributed by atoms with E-state index in [4.69, 9.17) is 9.72 Å². The van der Waals surface area contributed by atoms with E-state index in [1.54, 1.807) is 0 Å². The highest BCUT2D eigenvalue weighted by molar-refractivity contribution is 9.10. The molecule has 0 saturated heterocycles. The minimum Gasteiger partial charge on any atom is -0.464 e. The molecule has 0 saturated carbocycles. The molecule has 0 aliphatic heterocycles. The Labute approximate surface area is 184 Å². The van der Waals surface area contributed by atoms with Crippen LogP contribution in [0.3, 0.4) is 0 Å². The number of carbonyl (C=O) groups excluding carboxylic acids is 1. The number of hydrogen-bond donors (Lipinski definition) is 0. The second-order valence-corrected chi connectivity index (χ2v) is 7.69. The molecule has 4 rings (SSSR count). The van der Waals surface area contributed by atoms with Crippen LogP contribution in [0, 0.1) is 0 Å². The second kappa shape index (κ2) is 9.09. The number of aromatic nitrogens is 2. The maximum atomic E-state index is 11.4. The van der Waals surface area contributed by atoms with Gasteiger partial charge in [0, 0.05) is 28.1 Å². The molecule has 0 atom stereocenters. The SMILES string of the molecule is CC(=O)OCCn1c(-c2ccccc2Br)nc(-c2ccccc2)c1-c1ccccc1. The Hall–Kier alpha value is -3.18. The van der Waals surface area contributed by atoms with Crippen molar-refractivity contribution in [2.45, 2.75) is 13.5 Å². The third-order valence-corrected chi connectivity index (χ3v) is 5.49. The summed E-state index contributed by atoms with van der Waals surface area (Å²) in [6.07, 6.45) is 0. The lowest BCUT2D eigenvalue weighted by Gasteiger charge is -2.14. The van der Waals surface area contributed by atoms with Gasteiger partial charge in [-0.15, -0.1) is 0 Å². The fourth-order valence-corrected chi connectivity index (χ4v) is 3.95. The minimum atomic E-state index is -0.290. The van der Waals surface area contributed by atoms with Crippen molar-refractivity contribution in [3.63, 3.8) is 0 Å². The highest BCUT2D eigenvalue weighted by atomic mass is 79.9. The molecule has 1 heterocycles. The van der Waals surface area contributed by atoms with Crippen molar-refractivity contribution in [1.29, 1.82) is 0 Å². The zero-order valence-electron chi connectivity index (χ0n) is 16.6. The molecular weight excluding hydrogens is 440 g/mol. The number of halogens is 1. The molecule has 1 aromatic heterocycles. The average molecular weight is 461 g/mol. The zero-order valence-corrected chi connectivity index (χ0v) is 18.2. The van der Waals surface area contributed by atoms with Gasteiger partial charge in [-0.25, -0.2) is 4.98 Å². The van der Waals surface area contributed by atoms with Crippen LogP contribution in [0.1, 0.15) is 6.92 Å². The normalized spacial score (nSPS) is 10.7. The van der Waals surface area contributed by atoms with Gasteiger partial charge in [-0.2, -0.15) is 0 Å². The predicted molar refractivity (Wildman–Crippen MR) is 123 cm³/mol. The van der Waals surface area contributed by atoms with Gasteiger partial charge in [-0.3, -0.25) is 4.79 Å². The van der Waals surface area contributed by atoms with Crippen LogP contribution < -0.4 is 0 Å². The largest absolute Gasteiger partial charge is 0.464 e. The Morgan fingerprint density at radius 3 is 2.13 bits per heavy atom. The van der Waals surface area contributed by atoms with Crippen molar-refractivity contribution in [1.82, 2.24) is 9.55 Å². The maximum absolute atomic E-state index is 11.4. The van der Waals surface area contributed by atoms with E-state index in [1.165, 1.54) is 6.92 Å². The van der Waals surface area contributed by atoms with E-state index in [1.807, 2.05) is 60.7 Å². The number of rotatable bonds is 6. The van der Waals surface area contributed by atoms with Crippen LogP contribution in [-0.2, 0) is 16.1 Å². The van der Waals surface area contributed by atoms with Gasteiger partial charge in [-0.1, -0.05) is 94.8 Å². The van der Waals surface area contributed by atoms with E-state index in [-0.39, 0.29) is 12.6 Å². The summed E-state index contributed by atoms with van der Waals surface area (Å²) in [6, 6.07) is 28.4. The summed E-state index contributed by atoms with van der Waals surface area (Å²) < 4.78 is 8.37. The number of nitrogens with zero attached hydrogens (tertiary/aromatic N) is 2. The number of ether oxygens (including phenoxy) is 1. The van der Waals surface area contributed by atoms with Crippen molar-refractivity contribution in [3.8, 4) is 33.9 Å². The summed E-state index contributed by atoms with van der Waals surface area (Å²) in [5.41, 5.74) is 4.98. The topological polar surface area (TPSA) is 44.1 Å². The summed E-state index contributed by atoms with van der Waals surface area (Å²) >= 11 is 3.67. The molecule has 3 aromatic carbocycles. The summed E-state index contributed by atoms with van der Waals surface area (Å²) in [5, 5.41) is 0. The summed E-state index contributed by atoms with van der Waals surface area (Å²) in [6.45, 7) is 2.20. The fourth-order valence-electron chi connectivity index (χ4n) is 3.49. The van der Waals surface area contributed by atoms with Crippen LogP contribution >= 0.6 is 15.9 Å². The van der Waals surface area contributed by atoms with Gasteiger partial charge in [0.05, 0.1) is 17.9 Å². The molecule has 0 amide bonds. The first-order chi connectivity index (χ1) is 14.6. The van der Waals surface area contributed by atoms with Gasteiger partial charge < -0.3 is 9.30 Å². The maximum Gasteiger partial charge on any atom is 0.302 e. The van der Waals surface area contributed by atoms with Crippen LogP contribution in [0.15, 0.2) is 89.4 Å². The number of benzene rings is 3. The Bertz CT molecular complexity index is 1150. The van der Waals surface area contributed by atoms with E-state index < -0.39 is 0 Å². The minimum absolute atomic E-state index is 0.275. The number of hydrogen-bond acceptors (Lipinski definition) is 3. The molecule has 0 radical (unpaired) electrons. The Balaban J connectivity index is 1.96. The van der Waals surface area contributed by atoms with Crippen LogP contribution in [0.25, 0.3) is 33.9 Å². The van der Waals surface area contributed by atoms with Gasteiger partial charge >= 0.3 is 5.97 Å². The highest BCUT2D eigenvalue weighted by Crippen LogP contribution is 2.38. The van der Waals surface area contributed by atoms with E-state index >= 15 is 0 Å². The van der Waals surface area contributed by atoms with Gasteiger partial charge in [0.25, 0.3) is 0 Å². The van der Waals surface area contributed by atoms with Crippen molar-refractivity contribution in [2.75, 3.05) is 6.61 Å². The predicted octanol–water partition coefficient (Wildman–Crippen LogP) is 6.21. The van der Waals surface area contributed by atoms with Gasteiger partial charge in [0.1, 0.15) is 12.4 Å². The van der Waals surface area contributed by atoms with E-state index in [0.717, 1.165) is 38.4 Å². The first kappa shape index (κ1) is 20.1. The van der Waals surface area contributed by atoms with Gasteiger partial charge in [0.2, 0.25) is 0 Å². The molecule has 0 unspecified atom stereocenters. The van der Waals surface area contributed by atoms with Crippen LogP contribution in [-0.4, -0.2) is 22.1 Å². The van der Waals surface area contributed by atoms with Crippen LogP contribution in [0.4, 0.5) is 0 Å². The Morgan fingerprint density at radius 1 is 0.900 bits per heavy atom. The molecule has 30 heavy (non-hydrogen) atoms. The van der Waals surface area contributed by atoms with Crippen molar-refractivity contribution in [2.24, 2.45) is 0 Å². The first-order valence-corrected chi connectivity index (χ1v) is 10.5. The molecule has 0 spiro atoms. The highest BCUT2D eigenvalue weighted by Gasteiger charge is 2.22. The van der Waals surface area contributed by atoms with E-state index in [0.29, 0.717) is 6.54 Å². The van der Waals surface area contributed by atoms with Crippen LogP contribution in [0.2, 0.25) is 0 Å². The molecule has 0 aliphatic rings. The molecule has 0 bridgehead atoms. The van der Waals surface area contributed by atoms with E-state index in [9.17, 15) is 4.79 Å². The Kier molecular flexibility index (Phi) is 6.10. The zero-order chi connectivity index (χ0) is 20.9. The summed E-state index contributed by atoms with van der Waals surface area (Å²) in [5.74, 6) is 0.537. The summed E-state index contributed by atoms with van der Waals surface area (Å²) in [7, 11) is 0.